The second-order valence-electron chi connectivity index (χ2n) is 7.71. The number of aromatic nitrogens is 1. The van der Waals surface area contributed by atoms with Crippen LogP contribution in [0, 0.1) is 0 Å². The zero-order valence-corrected chi connectivity index (χ0v) is 18.1. The van der Waals surface area contributed by atoms with E-state index in [1.54, 1.807) is 35.7 Å². The Labute approximate surface area is 181 Å². The highest BCUT2D eigenvalue weighted by atomic mass is 35.5. The van der Waals surface area contributed by atoms with Crippen LogP contribution in [0.15, 0.2) is 65.7 Å². The van der Waals surface area contributed by atoms with Crippen molar-refractivity contribution < 1.29 is 13.2 Å². The molecule has 0 aliphatic carbocycles. The number of benzene rings is 2. The van der Waals surface area contributed by atoms with Crippen molar-refractivity contribution in [3.8, 4) is 11.4 Å². The second kappa shape index (κ2) is 7.04. The standard InChI is InChI=1S/C22H22ClN3O3S/c1-29-17-6-9-20-19(15-17)24-22(21-3-2-12-26(20)21)10-13-25(14-11-22)30(27,28)18-7-4-16(23)5-8-18/h2-9,12,15,24H,10-11,13-14H2,1H3. The van der Waals surface area contributed by atoms with Gasteiger partial charge in [-0.25, -0.2) is 8.42 Å². The maximum absolute atomic E-state index is 13.1. The molecule has 0 atom stereocenters. The summed E-state index contributed by atoms with van der Waals surface area (Å²) in [6.07, 6.45) is 3.39. The molecule has 2 aromatic carbocycles. The Hall–Kier alpha value is -2.48. The molecule has 1 fully saturated rings. The third-order valence-electron chi connectivity index (χ3n) is 6.10. The molecular formula is C22H22ClN3O3S. The monoisotopic (exact) mass is 443 g/mol. The van der Waals surface area contributed by atoms with Crippen LogP contribution < -0.4 is 10.1 Å². The number of methoxy groups -OCH3 is 1. The highest BCUT2D eigenvalue weighted by Crippen LogP contribution is 2.45. The van der Waals surface area contributed by atoms with Gasteiger partial charge in [-0.3, -0.25) is 0 Å². The summed E-state index contributed by atoms with van der Waals surface area (Å²) in [6.45, 7) is 0.866. The van der Waals surface area contributed by atoms with Crippen LogP contribution in [-0.2, 0) is 15.6 Å². The predicted octanol–water partition coefficient (Wildman–Crippen LogP) is 4.24. The zero-order chi connectivity index (χ0) is 20.9. The van der Waals surface area contributed by atoms with Crippen LogP contribution in [-0.4, -0.2) is 37.5 Å². The minimum absolute atomic E-state index is 0.276. The van der Waals surface area contributed by atoms with E-state index >= 15 is 0 Å². The number of nitrogens with one attached hydrogen (secondary N) is 1. The van der Waals surface area contributed by atoms with Crippen molar-refractivity contribution in [2.75, 3.05) is 25.5 Å². The van der Waals surface area contributed by atoms with Crippen molar-refractivity contribution in [1.29, 1.82) is 0 Å². The molecule has 0 radical (unpaired) electrons. The Morgan fingerprint density at radius 3 is 2.50 bits per heavy atom. The Kier molecular flexibility index (Phi) is 4.57. The van der Waals surface area contributed by atoms with Crippen molar-refractivity contribution >= 4 is 27.3 Å². The molecule has 0 saturated carbocycles. The molecule has 3 aromatic rings. The predicted molar refractivity (Wildman–Crippen MR) is 117 cm³/mol. The summed E-state index contributed by atoms with van der Waals surface area (Å²) >= 11 is 5.92. The molecule has 0 unspecified atom stereocenters. The third kappa shape index (κ3) is 3.00. The molecule has 1 saturated heterocycles. The SMILES string of the molecule is COc1ccc2c(c1)NC1(CCN(S(=O)(=O)c3ccc(Cl)cc3)CC1)c1cccn1-2. The molecule has 0 amide bonds. The Morgan fingerprint density at radius 1 is 1.07 bits per heavy atom. The number of rotatable bonds is 3. The van der Waals surface area contributed by atoms with Crippen LogP contribution in [0.2, 0.25) is 5.02 Å². The van der Waals surface area contributed by atoms with Crippen LogP contribution in [0.3, 0.4) is 0 Å². The highest BCUT2D eigenvalue weighted by molar-refractivity contribution is 7.89. The molecule has 3 heterocycles. The number of halogens is 1. The number of nitrogens with zero attached hydrogens (tertiary/aromatic N) is 2. The van der Waals surface area contributed by atoms with E-state index in [4.69, 9.17) is 16.3 Å². The van der Waals surface area contributed by atoms with Gasteiger partial charge in [-0.05, 0) is 61.4 Å². The maximum atomic E-state index is 13.1. The topological polar surface area (TPSA) is 63.6 Å². The molecule has 1 N–H and O–H groups in total. The molecule has 0 bridgehead atoms. The van der Waals surface area contributed by atoms with E-state index in [1.807, 2.05) is 24.3 Å². The van der Waals surface area contributed by atoms with Gasteiger partial charge in [0, 0.05) is 36.1 Å². The lowest BCUT2D eigenvalue weighted by molar-refractivity contribution is 0.247. The van der Waals surface area contributed by atoms with Gasteiger partial charge in [0.1, 0.15) is 5.75 Å². The molecule has 1 spiro atoms. The van der Waals surface area contributed by atoms with Crippen LogP contribution in [0.25, 0.3) is 5.69 Å². The Morgan fingerprint density at radius 2 is 1.80 bits per heavy atom. The molecule has 2 aliphatic heterocycles. The normalized spacial score (nSPS) is 17.8. The van der Waals surface area contributed by atoms with Gasteiger partial charge in [0.15, 0.2) is 0 Å². The first-order valence-electron chi connectivity index (χ1n) is 9.83. The molecule has 5 rings (SSSR count). The number of sulfonamides is 1. The van der Waals surface area contributed by atoms with E-state index in [0.717, 1.165) is 22.8 Å². The van der Waals surface area contributed by atoms with Crippen molar-refractivity contribution in [2.24, 2.45) is 0 Å². The van der Waals surface area contributed by atoms with E-state index in [9.17, 15) is 8.42 Å². The van der Waals surface area contributed by atoms with Crippen molar-refractivity contribution in [1.82, 2.24) is 8.87 Å². The quantitative estimate of drug-likeness (QED) is 0.657. The van der Waals surface area contributed by atoms with E-state index in [1.165, 1.54) is 0 Å². The lowest BCUT2D eigenvalue weighted by Gasteiger charge is -2.46. The minimum Gasteiger partial charge on any atom is -0.497 e. The fraction of sp³-hybridized carbons (Fsp3) is 0.273. The minimum atomic E-state index is -3.55. The molecule has 2 aliphatic rings. The third-order valence-corrected chi connectivity index (χ3v) is 8.27. The average Bonchev–Trinajstić information content (AvgIpc) is 3.25. The van der Waals surface area contributed by atoms with Gasteiger partial charge in [0.2, 0.25) is 10.0 Å². The van der Waals surface area contributed by atoms with E-state index in [2.05, 4.69) is 22.1 Å². The van der Waals surface area contributed by atoms with E-state index in [-0.39, 0.29) is 10.4 Å². The summed E-state index contributed by atoms with van der Waals surface area (Å²) < 4.78 is 35.3. The fourth-order valence-electron chi connectivity index (χ4n) is 4.50. The van der Waals surface area contributed by atoms with E-state index < -0.39 is 10.0 Å². The van der Waals surface area contributed by atoms with Gasteiger partial charge < -0.3 is 14.6 Å². The molecule has 30 heavy (non-hydrogen) atoms. The summed E-state index contributed by atoms with van der Waals surface area (Å²) in [5, 5.41) is 4.23. The second-order valence-corrected chi connectivity index (χ2v) is 10.1. The lowest BCUT2D eigenvalue weighted by Crippen LogP contribution is -2.50. The first-order valence-corrected chi connectivity index (χ1v) is 11.6. The van der Waals surface area contributed by atoms with Crippen molar-refractivity contribution in [3.63, 3.8) is 0 Å². The number of piperidine rings is 1. The summed E-state index contributed by atoms with van der Waals surface area (Å²) in [7, 11) is -1.89. The molecular weight excluding hydrogens is 422 g/mol. The van der Waals surface area contributed by atoms with E-state index in [0.29, 0.717) is 31.0 Å². The number of anilines is 1. The number of fused-ring (bicyclic) bond motifs is 4. The summed E-state index contributed by atoms with van der Waals surface area (Å²) in [5.74, 6) is 0.787. The number of hydrogen-bond donors (Lipinski definition) is 1. The summed E-state index contributed by atoms with van der Waals surface area (Å²) in [6, 6.07) is 16.5. The van der Waals surface area contributed by atoms with Gasteiger partial charge in [-0.2, -0.15) is 4.31 Å². The van der Waals surface area contributed by atoms with Gasteiger partial charge in [0.25, 0.3) is 0 Å². The molecule has 156 valence electrons. The van der Waals surface area contributed by atoms with Crippen LogP contribution >= 0.6 is 11.6 Å². The highest BCUT2D eigenvalue weighted by Gasteiger charge is 2.43. The van der Waals surface area contributed by atoms with Crippen molar-refractivity contribution in [3.05, 3.63) is 71.5 Å². The first kappa shape index (κ1) is 19.5. The molecule has 1 aromatic heterocycles. The van der Waals surface area contributed by atoms with Crippen LogP contribution in [0.1, 0.15) is 18.5 Å². The van der Waals surface area contributed by atoms with Crippen LogP contribution in [0.4, 0.5) is 5.69 Å². The Balaban J connectivity index is 1.45. The number of hydrogen-bond acceptors (Lipinski definition) is 4. The maximum Gasteiger partial charge on any atom is 0.243 e. The van der Waals surface area contributed by atoms with Crippen LogP contribution in [0.5, 0.6) is 5.75 Å². The van der Waals surface area contributed by atoms with Gasteiger partial charge in [-0.15, -0.1) is 0 Å². The summed E-state index contributed by atoms with van der Waals surface area (Å²) in [4.78, 5) is 0.276. The molecule has 6 nitrogen and oxygen atoms in total. The fourth-order valence-corrected chi connectivity index (χ4v) is 6.07. The van der Waals surface area contributed by atoms with Gasteiger partial charge in [-0.1, -0.05) is 11.6 Å². The number of ether oxygens (including phenoxy) is 1. The summed E-state index contributed by atoms with van der Waals surface area (Å²) in [5.41, 5.74) is 2.89. The zero-order valence-electron chi connectivity index (χ0n) is 16.5. The Bertz CT molecular complexity index is 1200. The first-order chi connectivity index (χ1) is 14.4. The average molecular weight is 444 g/mol. The van der Waals surface area contributed by atoms with Gasteiger partial charge >= 0.3 is 0 Å². The largest absolute Gasteiger partial charge is 0.497 e. The van der Waals surface area contributed by atoms with Gasteiger partial charge in [0.05, 0.1) is 28.9 Å². The lowest BCUT2D eigenvalue weighted by atomic mass is 9.83. The smallest absolute Gasteiger partial charge is 0.243 e. The molecule has 8 heteroatoms. The van der Waals surface area contributed by atoms with Crippen molar-refractivity contribution in [2.45, 2.75) is 23.3 Å².